The van der Waals surface area contributed by atoms with Crippen molar-refractivity contribution in [2.24, 2.45) is 0 Å². The number of rotatable bonds is 4. The number of H-pyrrole nitrogens is 1. The number of amides is 1. The first-order valence-corrected chi connectivity index (χ1v) is 6.97. The number of thiophene rings is 1. The van der Waals surface area contributed by atoms with Gasteiger partial charge in [-0.3, -0.25) is 9.59 Å². The van der Waals surface area contributed by atoms with Crippen LogP contribution in [0.5, 0.6) is 0 Å². The summed E-state index contributed by atoms with van der Waals surface area (Å²) in [7, 11) is 0. The Hall–Kier alpha value is -2.48. The van der Waals surface area contributed by atoms with Crippen LogP contribution in [0.3, 0.4) is 0 Å². The van der Waals surface area contributed by atoms with Crippen molar-refractivity contribution in [1.82, 2.24) is 10.2 Å². The van der Waals surface area contributed by atoms with Crippen molar-refractivity contribution < 1.29 is 14.3 Å². The Labute approximate surface area is 124 Å². The number of carbonyl (C=O) groups is 2. The van der Waals surface area contributed by atoms with Gasteiger partial charge in [-0.15, -0.1) is 11.3 Å². The van der Waals surface area contributed by atoms with Crippen molar-refractivity contribution in [3.63, 3.8) is 0 Å². The molecule has 2 rings (SSSR count). The fraction of sp³-hybridized carbons (Fsp3) is 0.231. The molecular formula is C13H13N3O4S. The Bertz CT molecular complexity index is 715. The highest BCUT2D eigenvalue weighted by Crippen LogP contribution is 2.28. The number of nitrogens with one attached hydrogen (secondary N) is 2. The van der Waals surface area contributed by atoms with Crippen LogP contribution in [0.25, 0.3) is 0 Å². The number of nitrogens with zero attached hydrogens (tertiary/aromatic N) is 1. The number of aromatic nitrogens is 2. The van der Waals surface area contributed by atoms with Gasteiger partial charge in [0.1, 0.15) is 10.7 Å². The number of hydrogen-bond acceptors (Lipinski definition) is 6. The fourth-order valence-corrected chi connectivity index (χ4v) is 2.50. The number of carbonyl (C=O) groups excluding carboxylic acids is 2. The van der Waals surface area contributed by atoms with Crippen LogP contribution in [0, 0.1) is 6.92 Å². The first-order chi connectivity index (χ1) is 10.0. The summed E-state index contributed by atoms with van der Waals surface area (Å²) in [6.45, 7) is 3.78. The van der Waals surface area contributed by atoms with E-state index in [1.807, 2.05) is 6.92 Å². The molecule has 0 aromatic carbocycles. The van der Waals surface area contributed by atoms with Gasteiger partial charge >= 0.3 is 5.97 Å². The Kier molecular flexibility index (Phi) is 4.49. The van der Waals surface area contributed by atoms with Gasteiger partial charge in [-0.25, -0.2) is 9.89 Å². The molecule has 0 bridgehead atoms. The zero-order chi connectivity index (χ0) is 15.4. The third-order valence-electron chi connectivity index (χ3n) is 2.49. The molecule has 21 heavy (non-hydrogen) atoms. The zero-order valence-corrected chi connectivity index (χ0v) is 12.2. The molecule has 2 N–H and O–H groups in total. The molecule has 0 aliphatic carbocycles. The highest BCUT2D eigenvalue weighted by Gasteiger charge is 2.19. The molecule has 1 amide bonds. The van der Waals surface area contributed by atoms with Gasteiger partial charge in [0.2, 0.25) is 0 Å². The monoisotopic (exact) mass is 307 g/mol. The van der Waals surface area contributed by atoms with Crippen LogP contribution in [-0.4, -0.2) is 28.7 Å². The second kappa shape index (κ2) is 6.31. The molecule has 0 saturated heterocycles. The van der Waals surface area contributed by atoms with Crippen molar-refractivity contribution >= 4 is 28.2 Å². The van der Waals surface area contributed by atoms with Gasteiger partial charge in [0.15, 0.2) is 0 Å². The van der Waals surface area contributed by atoms with Gasteiger partial charge < -0.3 is 10.1 Å². The average molecular weight is 307 g/mol. The molecule has 0 aliphatic heterocycles. The molecule has 0 radical (unpaired) electrons. The Morgan fingerprint density at radius 2 is 2.19 bits per heavy atom. The predicted octanol–water partition coefficient (Wildman–Crippen LogP) is 1.57. The van der Waals surface area contributed by atoms with Gasteiger partial charge in [-0.2, -0.15) is 5.10 Å². The molecule has 8 heteroatoms. The second-order valence-electron chi connectivity index (χ2n) is 4.08. The van der Waals surface area contributed by atoms with E-state index in [9.17, 15) is 14.4 Å². The van der Waals surface area contributed by atoms with E-state index >= 15 is 0 Å². The van der Waals surface area contributed by atoms with E-state index in [-0.39, 0.29) is 12.3 Å². The van der Waals surface area contributed by atoms with Crippen LogP contribution in [0.4, 0.5) is 5.00 Å². The van der Waals surface area contributed by atoms with E-state index < -0.39 is 17.4 Å². The van der Waals surface area contributed by atoms with Gasteiger partial charge in [-0.05, 0) is 26.0 Å². The number of aromatic amines is 1. The summed E-state index contributed by atoms with van der Waals surface area (Å²) in [5.41, 5.74) is -0.0432. The minimum absolute atomic E-state index is 0.0514. The van der Waals surface area contributed by atoms with E-state index in [2.05, 4.69) is 15.5 Å². The van der Waals surface area contributed by atoms with E-state index in [0.29, 0.717) is 10.6 Å². The number of hydrogen-bond donors (Lipinski definition) is 2. The van der Waals surface area contributed by atoms with Gasteiger partial charge in [0.25, 0.3) is 11.5 Å². The molecule has 110 valence electrons. The predicted molar refractivity (Wildman–Crippen MR) is 77.8 cm³/mol. The molecule has 2 heterocycles. The minimum Gasteiger partial charge on any atom is -0.462 e. The van der Waals surface area contributed by atoms with E-state index in [4.69, 9.17) is 4.74 Å². The molecule has 0 fully saturated rings. The second-order valence-corrected chi connectivity index (χ2v) is 5.34. The van der Waals surface area contributed by atoms with Crippen LogP contribution in [0.15, 0.2) is 23.0 Å². The first kappa shape index (κ1) is 14.9. The van der Waals surface area contributed by atoms with Crippen LogP contribution in [0.2, 0.25) is 0 Å². The summed E-state index contributed by atoms with van der Waals surface area (Å²) in [4.78, 5) is 35.6. The smallest absolute Gasteiger partial charge is 0.341 e. The average Bonchev–Trinajstić information content (AvgIpc) is 2.80. The van der Waals surface area contributed by atoms with Crippen molar-refractivity contribution in [1.29, 1.82) is 0 Å². The van der Waals surface area contributed by atoms with E-state index in [1.54, 1.807) is 13.0 Å². The zero-order valence-electron chi connectivity index (χ0n) is 11.4. The topological polar surface area (TPSA) is 101 Å². The normalized spacial score (nSPS) is 10.2. The molecule has 7 nitrogen and oxygen atoms in total. The number of aryl methyl sites for hydroxylation is 1. The van der Waals surface area contributed by atoms with Gasteiger partial charge in [-0.1, -0.05) is 0 Å². The summed E-state index contributed by atoms with van der Waals surface area (Å²) >= 11 is 1.26. The SMILES string of the molecule is CCOC(=O)c1cc(C)sc1NC(=O)c1ccc(=O)[nH]n1. The first-order valence-electron chi connectivity index (χ1n) is 6.16. The lowest BCUT2D eigenvalue weighted by Crippen LogP contribution is -2.18. The van der Waals surface area contributed by atoms with Gasteiger partial charge in [0.05, 0.1) is 12.2 Å². The molecule has 2 aromatic rings. The van der Waals surface area contributed by atoms with Crippen LogP contribution >= 0.6 is 11.3 Å². The molecular weight excluding hydrogens is 294 g/mol. The summed E-state index contributed by atoms with van der Waals surface area (Å²) in [5, 5.41) is 8.80. The lowest BCUT2D eigenvalue weighted by molar-refractivity contribution is 0.0528. The number of anilines is 1. The Morgan fingerprint density at radius 1 is 1.43 bits per heavy atom. The Morgan fingerprint density at radius 3 is 2.81 bits per heavy atom. The standard InChI is InChI=1S/C13H13N3O4S/c1-3-20-13(19)8-6-7(2)21-12(8)14-11(18)9-4-5-10(17)16-15-9/h4-6H,3H2,1-2H3,(H,14,18)(H,16,17). The lowest BCUT2D eigenvalue weighted by Gasteiger charge is -2.05. The van der Waals surface area contributed by atoms with Crippen molar-refractivity contribution in [3.8, 4) is 0 Å². The molecule has 0 atom stereocenters. The number of ether oxygens (including phenoxy) is 1. The molecule has 0 saturated carbocycles. The van der Waals surface area contributed by atoms with Crippen molar-refractivity contribution in [2.45, 2.75) is 13.8 Å². The number of esters is 1. The minimum atomic E-state index is -0.515. The third-order valence-corrected chi connectivity index (χ3v) is 3.46. The molecule has 0 aliphatic rings. The Balaban J connectivity index is 2.23. The lowest BCUT2D eigenvalue weighted by atomic mass is 10.3. The maximum Gasteiger partial charge on any atom is 0.341 e. The van der Waals surface area contributed by atoms with Crippen LogP contribution in [0.1, 0.15) is 32.6 Å². The fourth-order valence-electron chi connectivity index (χ4n) is 1.61. The van der Waals surface area contributed by atoms with E-state index in [0.717, 1.165) is 4.88 Å². The molecule has 0 spiro atoms. The van der Waals surface area contributed by atoms with Gasteiger partial charge in [0, 0.05) is 10.9 Å². The van der Waals surface area contributed by atoms with Crippen molar-refractivity contribution in [3.05, 3.63) is 44.7 Å². The summed E-state index contributed by atoms with van der Waals surface area (Å²) in [6.07, 6.45) is 0. The van der Waals surface area contributed by atoms with Crippen LogP contribution in [-0.2, 0) is 4.74 Å². The maximum atomic E-state index is 12.0. The highest BCUT2D eigenvalue weighted by atomic mass is 32.1. The highest BCUT2D eigenvalue weighted by molar-refractivity contribution is 7.16. The van der Waals surface area contributed by atoms with Crippen molar-refractivity contribution in [2.75, 3.05) is 11.9 Å². The van der Waals surface area contributed by atoms with E-state index in [1.165, 1.54) is 23.5 Å². The summed E-state index contributed by atoms with van der Waals surface area (Å²) in [6, 6.07) is 4.16. The third kappa shape index (κ3) is 3.54. The summed E-state index contributed by atoms with van der Waals surface area (Å²) in [5.74, 6) is -1.01. The molecule has 0 unspecified atom stereocenters. The quantitative estimate of drug-likeness (QED) is 0.835. The molecule has 2 aromatic heterocycles. The van der Waals surface area contributed by atoms with Crippen LogP contribution < -0.4 is 10.9 Å². The maximum absolute atomic E-state index is 12.0. The summed E-state index contributed by atoms with van der Waals surface area (Å²) < 4.78 is 4.94. The largest absolute Gasteiger partial charge is 0.462 e.